The van der Waals surface area contributed by atoms with Crippen LogP contribution in [0.15, 0.2) is 0 Å². The lowest BCUT2D eigenvalue weighted by atomic mass is 9.99. The number of hydrogen-bond acceptors (Lipinski definition) is 15. The van der Waals surface area contributed by atoms with Gasteiger partial charge in [-0.3, -0.25) is 37.3 Å². The molecule has 468 valence electrons. The first-order valence-corrected chi connectivity index (χ1v) is 34.5. The second-order valence-electron chi connectivity index (χ2n) is 22.5. The minimum absolute atomic E-state index is 0.104. The highest BCUT2D eigenvalue weighted by molar-refractivity contribution is 7.47. The number of esters is 4. The number of hydrogen-bond donors (Lipinski definition) is 3. The Labute approximate surface area is 479 Å². The maximum Gasteiger partial charge on any atom is 0.472 e. The molecule has 0 spiro atoms. The zero-order chi connectivity index (χ0) is 58.7. The number of ether oxygens (including phenoxy) is 4. The summed E-state index contributed by atoms with van der Waals surface area (Å²) in [5.74, 6) is -0.655. The van der Waals surface area contributed by atoms with Crippen LogP contribution in [-0.2, 0) is 65.4 Å². The third-order valence-corrected chi connectivity index (χ3v) is 16.0. The van der Waals surface area contributed by atoms with Crippen LogP contribution in [0.25, 0.3) is 0 Å². The van der Waals surface area contributed by atoms with Crippen molar-refractivity contribution in [1.82, 2.24) is 0 Å². The zero-order valence-corrected chi connectivity index (χ0v) is 52.4. The first-order valence-electron chi connectivity index (χ1n) is 31.5. The smallest absolute Gasteiger partial charge is 0.462 e. The van der Waals surface area contributed by atoms with Crippen LogP contribution in [0.4, 0.5) is 0 Å². The Balaban J connectivity index is 5.19. The van der Waals surface area contributed by atoms with Crippen molar-refractivity contribution >= 4 is 39.5 Å². The molecule has 79 heavy (non-hydrogen) atoms. The summed E-state index contributed by atoms with van der Waals surface area (Å²) in [4.78, 5) is 71.8. The van der Waals surface area contributed by atoms with Crippen molar-refractivity contribution in [3.63, 3.8) is 0 Å². The normalized spacial score (nSPS) is 14.8. The number of carbonyl (C=O) groups excluding carboxylic acids is 4. The maximum atomic E-state index is 12.9. The highest BCUT2D eigenvalue weighted by atomic mass is 31.2. The molecular formula is C60H116O17P2. The average Bonchev–Trinajstić information content (AvgIpc) is 3.41. The molecule has 0 aliphatic rings. The van der Waals surface area contributed by atoms with Gasteiger partial charge in [0.15, 0.2) is 12.2 Å². The Morgan fingerprint density at radius 3 is 0.962 bits per heavy atom. The Bertz CT molecular complexity index is 1570. The lowest BCUT2D eigenvalue weighted by molar-refractivity contribution is -0.161. The van der Waals surface area contributed by atoms with E-state index in [1.54, 1.807) is 0 Å². The summed E-state index contributed by atoms with van der Waals surface area (Å²) in [6.45, 7) is 9.33. The standard InChI is InChI=1S/C60H116O17P2/c1-7-10-12-14-15-16-17-18-26-32-38-44-59(64)76-55(48-70-57(62)42-36-28-13-11-8-2)50-74-78(66,67)72-46-54(61)47-73-79(68,69)75-51-56(49-71-58(63)43-37-31-25-21-19-23-29-34-40-52(4)5)77-60(65)45-39-33-27-22-20-24-30-35-41-53(6)9-3/h52-56,61H,7-51H2,1-6H3,(H,66,67)(H,68,69)/t53?,54-,55+,56+/m0/s1. The van der Waals surface area contributed by atoms with Crippen molar-refractivity contribution in [2.24, 2.45) is 11.8 Å². The monoisotopic (exact) mass is 1170 g/mol. The summed E-state index contributed by atoms with van der Waals surface area (Å²) in [6, 6.07) is 0. The lowest BCUT2D eigenvalue weighted by Crippen LogP contribution is -2.30. The van der Waals surface area contributed by atoms with Crippen molar-refractivity contribution in [1.29, 1.82) is 0 Å². The first kappa shape index (κ1) is 77.1. The molecule has 0 aromatic rings. The predicted octanol–water partition coefficient (Wildman–Crippen LogP) is 16.1. The van der Waals surface area contributed by atoms with Gasteiger partial charge in [0.25, 0.3) is 0 Å². The summed E-state index contributed by atoms with van der Waals surface area (Å²) >= 11 is 0. The molecule has 0 bridgehead atoms. The zero-order valence-electron chi connectivity index (χ0n) is 50.7. The van der Waals surface area contributed by atoms with E-state index in [-0.39, 0.29) is 25.7 Å². The largest absolute Gasteiger partial charge is 0.472 e. The van der Waals surface area contributed by atoms with Crippen molar-refractivity contribution in [3.05, 3.63) is 0 Å². The lowest BCUT2D eigenvalue weighted by Gasteiger charge is -2.21. The van der Waals surface area contributed by atoms with E-state index in [0.29, 0.717) is 25.7 Å². The molecule has 6 atom stereocenters. The van der Waals surface area contributed by atoms with Gasteiger partial charge in [0.2, 0.25) is 0 Å². The van der Waals surface area contributed by atoms with Gasteiger partial charge < -0.3 is 33.8 Å². The average molecular weight is 1170 g/mol. The summed E-state index contributed by atoms with van der Waals surface area (Å²) in [7, 11) is -9.87. The SMILES string of the molecule is CCCCCCCCCCCCCC(=O)O[C@H](COC(=O)CCCCCCC)COP(=O)(O)OC[C@H](O)COP(=O)(O)OC[C@@H](COC(=O)CCCCCCCCCCC(C)C)OC(=O)CCCCCCCCCCC(C)CC. The fourth-order valence-electron chi connectivity index (χ4n) is 8.79. The van der Waals surface area contributed by atoms with Gasteiger partial charge in [0.05, 0.1) is 26.4 Å². The van der Waals surface area contributed by atoms with Crippen LogP contribution in [0.1, 0.15) is 292 Å². The molecule has 0 aliphatic heterocycles. The highest BCUT2D eigenvalue weighted by Gasteiger charge is 2.30. The second-order valence-corrected chi connectivity index (χ2v) is 25.4. The number of phosphoric ester groups is 2. The Morgan fingerprint density at radius 2 is 0.646 bits per heavy atom. The molecule has 0 radical (unpaired) electrons. The molecule has 0 aromatic carbocycles. The molecule has 19 heteroatoms. The van der Waals surface area contributed by atoms with Gasteiger partial charge in [-0.2, -0.15) is 0 Å². The Kier molecular flexibility index (Phi) is 51.5. The van der Waals surface area contributed by atoms with Crippen LogP contribution in [0.5, 0.6) is 0 Å². The number of carbonyl (C=O) groups is 4. The molecular weight excluding hydrogens is 1050 g/mol. The van der Waals surface area contributed by atoms with Crippen LogP contribution in [0, 0.1) is 11.8 Å². The van der Waals surface area contributed by atoms with Gasteiger partial charge in [-0.25, -0.2) is 9.13 Å². The van der Waals surface area contributed by atoms with Gasteiger partial charge in [-0.1, -0.05) is 241 Å². The van der Waals surface area contributed by atoms with Gasteiger partial charge >= 0.3 is 39.5 Å². The van der Waals surface area contributed by atoms with E-state index in [0.717, 1.165) is 108 Å². The topological polar surface area (TPSA) is 237 Å². The van der Waals surface area contributed by atoms with E-state index >= 15 is 0 Å². The van der Waals surface area contributed by atoms with Gasteiger partial charge in [-0.15, -0.1) is 0 Å². The van der Waals surface area contributed by atoms with Crippen molar-refractivity contribution < 1.29 is 80.2 Å². The first-order chi connectivity index (χ1) is 37.9. The molecule has 3 N–H and O–H groups in total. The predicted molar refractivity (Wildman–Crippen MR) is 312 cm³/mol. The second kappa shape index (κ2) is 52.8. The maximum absolute atomic E-state index is 12.9. The fourth-order valence-corrected chi connectivity index (χ4v) is 10.4. The Hall–Kier alpha value is -1.94. The molecule has 0 fully saturated rings. The van der Waals surface area contributed by atoms with Crippen molar-refractivity contribution in [3.8, 4) is 0 Å². The molecule has 17 nitrogen and oxygen atoms in total. The quantitative estimate of drug-likeness (QED) is 0.0222. The van der Waals surface area contributed by atoms with Crippen LogP contribution in [-0.4, -0.2) is 96.7 Å². The van der Waals surface area contributed by atoms with Gasteiger partial charge in [0.1, 0.15) is 19.3 Å². The van der Waals surface area contributed by atoms with Crippen LogP contribution in [0.3, 0.4) is 0 Å². The van der Waals surface area contributed by atoms with Crippen LogP contribution in [0.2, 0.25) is 0 Å². The van der Waals surface area contributed by atoms with Crippen LogP contribution >= 0.6 is 15.6 Å². The number of phosphoric acid groups is 2. The molecule has 0 amide bonds. The van der Waals surface area contributed by atoms with Crippen molar-refractivity contribution in [2.75, 3.05) is 39.6 Å². The summed E-state index contributed by atoms with van der Waals surface area (Å²) < 4.78 is 67.6. The van der Waals surface area contributed by atoms with E-state index in [4.69, 9.17) is 37.0 Å². The van der Waals surface area contributed by atoms with E-state index in [2.05, 4.69) is 41.5 Å². The minimum atomic E-state index is -4.94. The molecule has 0 heterocycles. The van der Waals surface area contributed by atoms with E-state index in [1.165, 1.54) is 103 Å². The summed E-state index contributed by atoms with van der Waals surface area (Å²) in [5.41, 5.74) is 0. The molecule has 0 aliphatic carbocycles. The van der Waals surface area contributed by atoms with Crippen molar-refractivity contribution in [2.45, 2.75) is 310 Å². The van der Waals surface area contributed by atoms with Gasteiger partial charge in [0, 0.05) is 25.7 Å². The van der Waals surface area contributed by atoms with E-state index in [9.17, 15) is 43.2 Å². The molecule has 3 unspecified atom stereocenters. The highest BCUT2D eigenvalue weighted by Crippen LogP contribution is 2.45. The fraction of sp³-hybridized carbons (Fsp3) is 0.933. The number of unbranched alkanes of at least 4 members (excludes halogenated alkanes) is 28. The number of aliphatic hydroxyl groups excluding tert-OH is 1. The van der Waals surface area contributed by atoms with Crippen LogP contribution < -0.4 is 0 Å². The third-order valence-electron chi connectivity index (χ3n) is 14.1. The van der Waals surface area contributed by atoms with E-state index in [1.807, 2.05) is 0 Å². The number of rotatable bonds is 59. The number of aliphatic hydroxyl groups is 1. The minimum Gasteiger partial charge on any atom is -0.462 e. The molecule has 0 aromatic heterocycles. The Morgan fingerprint density at radius 1 is 0.367 bits per heavy atom. The third kappa shape index (κ3) is 53.8. The van der Waals surface area contributed by atoms with E-state index < -0.39 is 97.5 Å². The summed E-state index contributed by atoms with van der Waals surface area (Å²) in [5, 5.41) is 10.5. The van der Waals surface area contributed by atoms with Gasteiger partial charge in [-0.05, 0) is 37.5 Å². The molecule has 0 saturated heterocycles. The molecule has 0 rings (SSSR count). The molecule has 0 saturated carbocycles. The summed E-state index contributed by atoms with van der Waals surface area (Å²) in [6.07, 6.45) is 33.7.